The Hall–Kier alpha value is -2.48. The first-order valence-corrected chi connectivity index (χ1v) is 10.4. The molecule has 0 aliphatic heterocycles. The molecule has 2 N–H and O–H groups in total. The van der Waals surface area contributed by atoms with Crippen LogP contribution in [0.3, 0.4) is 0 Å². The van der Waals surface area contributed by atoms with Gasteiger partial charge in [0.2, 0.25) is 0 Å². The van der Waals surface area contributed by atoms with Gasteiger partial charge in [0.1, 0.15) is 11.6 Å². The maximum atomic E-state index is 13.7. The lowest BCUT2D eigenvalue weighted by atomic mass is 10.1. The van der Waals surface area contributed by atoms with E-state index in [-0.39, 0.29) is 17.0 Å². The molecule has 8 heteroatoms. The molecule has 0 radical (unpaired) electrons. The van der Waals surface area contributed by atoms with Crippen molar-refractivity contribution < 1.29 is 17.2 Å². The molecule has 0 saturated carbocycles. The molecular weight excluding hydrogens is 372 g/mol. The first-order valence-electron chi connectivity index (χ1n) is 8.54. The Morgan fingerprint density at radius 2 is 1.78 bits per heavy atom. The second-order valence-electron chi connectivity index (χ2n) is 6.02. The highest BCUT2D eigenvalue weighted by Crippen LogP contribution is 2.11. The van der Waals surface area contributed by atoms with Gasteiger partial charge in [-0.1, -0.05) is 12.1 Å². The van der Waals surface area contributed by atoms with Crippen LogP contribution in [0.4, 0.5) is 8.78 Å². The second-order valence-corrected chi connectivity index (χ2v) is 8.04. The first-order chi connectivity index (χ1) is 12.8. The molecule has 0 saturated heterocycles. The van der Waals surface area contributed by atoms with Crippen LogP contribution in [-0.2, 0) is 22.8 Å². The Kier molecular flexibility index (Phi) is 7.29. The first kappa shape index (κ1) is 20.8. The lowest BCUT2D eigenvalue weighted by Gasteiger charge is -2.12. The number of hydrogen-bond donors (Lipinski definition) is 2. The molecule has 2 rings (SSSR count). The van der Waals surface area contributed by atoms with E-state index >= 15 is 0 Å². The van der Waals surface area contributed by atoms with Crippen molar-refractivity contribution in [2.75, 3.05) is 19.3 Å². The minimum atomic E-state index is -3.20. The summed E-state index contributed by atoms with van der Waals surface area (Å²) in [5.41, 5.74) is 1.16. The van der Waals surface area contributed by atoms with Gasteiger partial charge in [-0.15, -0.1) is 0 Å². The molecule has 0 bridgehead atoms. The predicted octanol–water partition coefficient (Wildman–Crippen LogP) is 2.67. The van der Waals surface area contributed by atoms with E-state index < -0.39 is 21.5 Å². The number of guanidine groups is 1. The summed E-state index contributed by atoms with van der Waals surface area (Å²) in [7, 11) is -3.20. The molecule has 2 aromatic rings. The molecule has 0 aromatic heterocycles. The molecule has 5 nitrogen and oxygen atoms in total. The van der Waals surface area contributed by atoms with E-state index in [2.05, 4.69) is 15.6 Å². The Bertz CT molecular complexity index is 898. The molecule has 0 unspecified atom stereocenters. The van der Waals surface area contributed by atoms with Gasteiger partial charge in [-0.25, -0.2) is 22.2 Å². The predicted molar refractivity (Wildman–Crippen MR) is 102 cm³/mol. The van der Waals surface area contributed by atoms with Gasteiger partial charge in [-0.3, -0.25) is 0 Å². The summed E-state index contributed by atoms with van der Waals surface area (Å²) in [6.45, 7) is 3.10. The summed E-state index contributed by atoms with van der Waals surface area (Å²) in [5, 5.41) is 6.17. The van der Waals surface area contributed by atoms with E-state index in [1.54, 1.807) is 24.3 Å². The molecule has 0 spiro atoms. The van der Waals surface area contributed by atoms with Crippen molar-refractivity contribution in [3.63, 3.8) is 0 Å². The zero-order chi connectivity index (χ0) is 19.9. The maximum Gasteiger partial charge on any atom is 0.191 e. The highest BCUT2D eigenvalue weighted by atomic mass is 32.2. The van der Waals surface area contributed by atoms with Crippen molar-refractivity contribution in [2.24, 2.45) is 4.99 Å². The monoisotopic (exact) mass is 395 g/mol. The fourth-order valence-corrected chi connectivity index (χ4v) is 3.03. The molecular formula is C19H23F2N3O2S. The number of nitrogens with zero attached hydrogens (tertiary/aromatic N) is 1. The van der Waals surface area contributed by atoms with Gasteiger partial charge in [-0.05, 0) is 49.2 Å². The van der Waals surface area contributed by atoms with E-state index in [9.17, 15) is 17.2 Å². The van der Waals surface area contributed by atoms with Crippen LogP contribution in [-0.4, -0.2) is 33.7 Å². The van der Waals surface area contributed by atoms with Gasteiger partial charge in [0, 0.05) is 24.9 Å². The van der Waals surface area contributed by atoms with Gasteiger partial charge in [0.05, 0.1) is 11.4 Å². The van der Waals surface area contributed by atoms with E-state index in [4.69, 9.17) is 0 Å². The number of halogens is 2. The van der Waals surface area contributed by atoms with Crippen LogP contribution in [0.25, 0.3) is 0 Å². The van der Waals surface area contributed by atoms with Crippen LogP contribution >= 0.6 is 0 Å². The Morgan fingerprint density at radius 3 is 2.41 bits per heavy atom. The second kappa shape index (κ2) is 9.45. The van der Waals surface area contributed by atoms with Gasteiger partial charge >= 0.3 is 0 Å². The number of hydrogen-bond acceptors (Lipinski definition) is 3. The van der Waals surface area contributed by atoms with Gasteiger partial charge in [0.25, 0.3) is 0 Å². The minimum absolute atomic E-state index is 0.0159. The zero-order valence-corrected chi connectivity index (χ0v) is 16.1. The van der Waals surface area contributed by atoms with Crippen LogP contribution in [0, 0.1) is 11.6 Å². The highest BCUT2D eigenvalue weighted by Gasteiger charge is 2.07. The molecule has 0 heterocycles. The third-order valence-corrected chi connectivity index (χ3v) is 4.95. The van der Waals surface area contributed by atoms with Crippen molar-refractivity contribution in [1.82, 2.24) is 10.6 Å². The summed E-state index contributed by atoms with van der Waals surface area (Å²) in [4.78, 5) is 4.56. The van der Waals surface area contributed by atoms with Crippen LogP contribution < -0.4 is 10.6 Å². The number of rotatable bonds is 7. The van der Waals surface area contributed by atoms with Crippen molar-refractivity contribution in [2.45, 2.75) is 24.8 Å². The van der Waals surface area contributed by atoms with E-state index in [0.29, 0.717) is 25.5 Å². The number of aliphatic imine (C=N–C) groups is 1. The maximum absolute atomic E-state index is 13.7. The Labute approximate surface area is 158 Å². The fourth-order valence-electron chi connectivity index (χ4n) is 2.40. The van der Waals surface area contributed by atoms with Crippen LogP contribution in [0.2, 0.25) is 0 Å². The summed E-state index contributed by atoms with van der Waals surface area (Å²) in [5.74, 6) is -0.506. The molecule has 0 amide bonds. The standard InChI is InChI=1S/C19H23F2N3O2S/c1-3-22-19(24-13-15-12-16(20)6-9-18(15)21)23-11-10-14-4-7-17(8-5-14)27(2,25)26/h4-9,12H,3,10-11,13H2,1-2H3,(H2,22,23,24). The minimum Gasteiger partial charge on any atom is -0.357 e. The van der Waals surface area contributed by atoms with Crippen molar-refractivity contribution in [3.05, 3.63) is 65.2 Å². The molecule has 0 aliphatic rings. The number of sulfone groups is 1. The summed E-state index contributed by atoms with van der Waals surface area (Å²) < 4.78 is 49.8. The summed E-state index contributed by atoms with van der Waals surface area (Å²) >= 11 is 0. The van der Waals surface area contributed by atoms with Gasteiger partial charge < -0.3 is 10.6 Å². The lowest BCUT2D eigenvalue weighted by molar-refractivity contribution is 0.585. The van der Waals surface area contributed by atoms with Crippen molar-refractivity contribution >= 4 is 15.8 Å². The Morgan fingerprint density at radius 1 is 1.07 bits per heavy atom. The summed E-state index contributed by atoms with van der Waals surface area (Å²) in [6.07, 6.45) is 1.83. The SMILES string of the molecule is CCNC(=NCc1cc(F)ccc1F)NCCc1ccc(S(C)(=O)=O)cc1. The highest BCUT2D eigenvalue weighted by molar-refractivity contribution is 7.90. The molecule has 0 fully saturated rings. The van der Waals surface area contributed by atoms with Crippen LogP contribution in [0.5, 0.6) is 0 Å². The van der Waals surface area contributed by atoms with Crippen molar-refractivity contribution in [3.8, 4) is 0 Å². The third kappa shape index (κ3) is 6.63. The quantitative estimate of drug-likeness (QED) is 0.559. The summed E-state index contributed by atoms with van der Waals surface area (Å²) in [6, 6.07) is 9.98. The molecule has 0 atom stereocenters. The van der Waals surface area contributed by atoms with Gasteiger partial charge in [0.15, 0.2) is 15.8 Å². The van der Waals surface area contributed by atoms with E-state index in [1.165, 1.54) is 6.26 Å². The van der Waals surface area contributed by atoms with Crippen LogP contribution in [0.15, 0.2) is 52.4 Å². The average molecular weight is 395 g/mol. The van der Waals surface area contributed by atoms with Crippen LogP contribution in [0.1, 0.15) is 18.1 Å². The topological polar surface area (TPSA) is 70.6 Å². The van der Waals surface area contributed by atoms with E-state index in [1.807, 2.05) is 6.92 Å². The zero-order valence-electron chi connectivity index (χ0n) is 15.3. The molecule has 146 valence electrons. The third-order valence-electron chi connectivity index (χ3n) is 3.82. The Balaban J connectivity index is 1.95. The average Bonchev–Trinajstić information content (AvgIpc) is 2.62. The number of nitrogens with one attached hydrogen (secondary N) is 2. The van der Waals surface area contributed by atoms with Gasteiger partial charge in [-0.2, -0.15) is 0 Å². The normalized spacial score (nSPS) is 12.1. The largest absolute Gasteiger partial charge is 0.357 e. The van der Waals surface area contributed by atoms with E-state index in [0.717, 1.165) is 23.8 Å². The number of benzene rings is 2. The lowest BCUT2D eigenvalue weighted by Crippen LogP contribution is -2.38. The van der Waals surface area contributed by atoms with Crippen molar-refractivity contribution in [1.29, 1.82) is 0 Å². The molecule has 2 aromatic carbocycles. The smallest absolute Gasteiger partial charge is 0.191 e. The molecule has 27 heavy (non-hydrogen) atoms. The fraction of sp³-hybridized carbons (Fsp3) is 0.316. The molecule has 0 aliphatic carbocycles.